The summed E-state index contributed by atoms with van der Waals surface area (Å²) >= 11 is 6.58. The summed E-state index contributed by atoms with van der Waals surface area (Å²) in [7, 11) is 1.33. The summed E-state index contributed by atoms with van der Waals surface area (Å²) in [6, 6.07) is 3.37. The van der Waals surface area contributed by atoms with Crippen molar-refractivity contribution in [1.29, 1.82) is 0 Å². The van der Waals surface area contributed by atoms with Crippen molar-refractivity contribution in [3.05, 3.63) is 56.0 Å². The molecular formula is C17H19Br2N3O4. The van der Waals surface area contributed by atoms with Crippen LogP contribution < -0.4 is 5.32 Å². The molecule has 0 unspecified atom stereocenters. The molecule has 26 heavy (non-hydrogen) atoms. The molecule has 1 amide bonds. The van der Waals surface area contributed by atoms with Crippen molar-refractivity contribution < 1.29 is 19.4 Å². The minimum absolute atomic E-state index is 0.0682. The van der Waals surface area contributed by atoms with Gasteiger partial charge in [0.1, 0.15) is 11.4 Å². The van der Waals surface area contributed by atoms with Crippen LogP contribution in [0.25, 0.3) is 0 Å². The topological polar surface area (TPSA) is 101 Å². The van der Waals surface area contributed by atoms with Crippen molar-refractivity contribution >= 4 is 43.7 Å². The Bertz CT molecular complexity index is 785. The standard InChI is InChI=1S/C9H11BrN2O2.C8H8BrNO2/c1-6-4-8(12-5-7(6)10)9(14)11-2-3-13;1-5-3-7(8(11)12-2)10-4-6(5)9/h4-5,13H,2-3H2,1H3,(H,11,14);3-4H,1-2H3. The van der Waals surface area contributed by atoms with Crippen molar-refractivity contribution in [2.75, 3.05) is 20.3 Å². The molecule has 0 aliphatic heterocycles. The van der Waals surface area contributed by atoms with E-state index in [9.17, 15) is 9.59 Å². The molecule has 0 aromatic carbocycles. The minimum Gasteiger partial charge on any atom is -0.464 e. The van der Waals surface area contributed by atoms with Gasteiger partial charge in [-0.25, -0.2) is 14.8 Å². The maximum atomic E-state index is 11.4. The molecule has 2 aromatic heterocycles. The van der Waals surface area contributed by atoms with Gasteiger partial charge in [0.05, 0.1) is 13.7 Å². The number of pyridine rings is 2. The summed E-state index contributed by atoms with van der Waals surface area (Å²) in [6.07, 6.45) is 3.17. The second-order valence-corrected chi connectivity index (χ2v) is 6.82. The number of esters is 1. The van der Waals surface area contributed by atoms with Crippen LogP contribution in [0.15, 0.2) is 33.5 Å². The Morgan fingerprint density at radius 1 is 1.08 bits per heavy atom. The number of aromatic nitrogens is 2. The van der Waals surface area contributed by atoms with E-state index in [1.54, 1.807) is 24.5 Å². The second-order valence-electron chi connectivity index (χ2n) is 5.11. The largest absolute Gasteiger partial charge is 0.464 e. The van der Waals surface area contributed by atoms with Crippen LogP contribution in [-0.4, -0.2) is 47.2 Å². The van der Waals surface area contributed by atoms with Gasteiger partial charge in [-0.3, -0.25) is 4.79 Å². The summed E-state index contributed by atoms with van der Waals surface area (Å²) in [5.74, 6) is -0.680. The van der Waals surface area contributed by atoms with Gasteiger partial charge in [-0.2, -0.15) is 0 Å². The van der Waals surface area contributed by atoms with Crippen molar-refractivity contribution in [2.45, 2.75) is 13.8 Å². The first-order valence-electron chi connectivity index (χ1n) is 7.51. The number of amides is 1. The highest BCUT2D eigenvalue weighted by atomic mass is 79.9. The smallest absolute Gasteiger partial charge is 0.356 e. The van der Waals surface area contributed by atoms with E-state index in [1.807, 2.05) is 13.8 Å². The average Bonchev–Trinajstić information content (AvgIpc) is 2.64. The van der Waals surface area contributed by atoms with Crippen LogP contribution in [0, 0.1) is 13.8 Å². The summed E-state index contributed by atoms with van der Waals surface area (Å²) in [4.78, 5) is 30.2. The average molecular weight is 489 g/mol. The van der Waals surface area contributed by atoms with Crippen molar-refractivity contribution in [3.8, 4) is 0 Å². The summed E-state index contributed by atoms with van der Waals surface area (Å²) in [5, 5.41) is 11.0. The zero-order valence-corrected chi connectivity index (χ0v) is 17.7. The molecule has 0 saturated heterocycles. The van der Waals surface area contributed by atoms with Crippen LogP contribution in [0.5, 0.6) is 0 Å². The first-order chi connectivity index (χ1) is 12.3. The fourth-order valence-electron chi connectivity index (χ4n) is 1.68. The number of aliphatic hydroxyl groups is 1. The van der Waals surface area contributed by atoms with Crippen LogP contribution in [0.3, 0.4) is 0 Å². The Morgan fingerprint density at radius 3 is 2.04 bits per heavy atom. The third-order valence-corrected chi connectivity index (χ3v) is 4.78. The number of carbonyl (C=O) groups excluding carboxylic acids is 2. The number of carbonyl (C=O) groups is 2. The molecule has 9 heteroatoms. The number of aryl methyl sites for hydroxylation is 2. The van der Waals surface area contributed by atoms with Gasteiger partial charge < -0.3 is 15.2 Å². The van der Waals surface area contributed by atoms with E-state index in [2.05, 4.69) is 51.9 Å². The van der Waals surface area contributed by atoms with E-state index in [1.165, 1.54) is 7.11 Å². The van der Waals surface area contributed by atoms with Crippen LogP contribution in [0.1, 0.15) is 32.1 Å². The fraction of sp³-hybridized carbons (Fsp3) is 0.294. The molecule has 0 aliphatic carbocycles. The Balaban J connectivity index is 0.000000263. The molecule has 0 bridgehead atoms. The maximum Gasteiger partial charge on any atom is 0.356 e. The predicted molar refractivity (Wildman–Crippen MR) is 104 cm³/mol. The minimum atomic E-state index is -0.411. The molecule has 2 heterocycles. The molecule has 0 radical (unpaired) electrons. The number of hydrogen-bond donors (Lipinski definition) is 2. The zero-order chi connectivity index (χ0) is 19.7. The maximum absolute atomic E-state index is 11.4. The number of nitrogens with one attached hydrogen (secondary N) is 1. The molecule has 2 aromatic rings. The van der Waals surface area contributed by atoms with Gasteiger partial charge in [0.2, 0.25) is 0 Å². The highest BCUT2D eigenvalue weighted by molar-refractivity contribution is 9.10. The lowest BCUT2D eigenvalue weighted by atomic mass is 10.2. The van der Waals surface area contributed by atoms with Gasteiger partial charge in [-0.05, 0) is 69.0 Å². The molecule has 0 atom stereocenters. The van der Waals surface area contributed by atoms with E-state index < -0.39 is 5.97 Å². The normalized spacial score (nSPS) is 9.77. The molecule has 140 valence electrons. The van der Waals surface area contributed by atoms with E-state index >= 15 is 0 Å². The van der Waals surface area contributed by atoms with Gasteiger partial charge in [-0.15, -0.1) is 0 Å². The highest BCUT2D eigenvalue weighted by Crippen LogP contribution is 2.15. The summed E-state index contributed by atoms with van der Waals surface area (Å²) in [6.45, 7) is 3.95. The number of ether oxygens (including phenoxy) is 1. The van der Waals surface area contributed by atoms with Crippen molar-refractivity contribution in [2.24, 2.45) is 0 Å². The van der Waals surface area contributed by atoms with Crippen LogP contribution in [-0.2, 0) is 4.74 Å². The molecule has 0 aliphatic rings. The quantitative estimate of drug-likeness (QED) is 0.641. The molecule has 0 spiro atoms. The third kappa shape index (κ3) is 6.81. The molecule has 0 fully saturated rings. The SMILES string of the molecule is COC(=O)c1cc(C)c(Br)cn1.Cc1cc(C(=O)NCCO)ncc1Br. The number of rotatable bonds is 4. The number of methoxy groups -OCH3 is 1. The van der Waals surface area contributed by atoms with Gasteiger partial charge in [0, 0.05) is 27.9 Å². The second kappa shape index (κ2) is 11.0. The lowest BCUT2D eigenvalue weighted by Gasteiger charge is -2.03. The number of hydrogen-bond acceptors (Lipinski definition) is 6. The van der Waals surface area contributed by atoms with Gasteiger partial charge in [0.25, 0.3) is 5.91 Å². The van der Waals surface area contributed by atoms with Gasteiger partial charge in [-0.1, -0.05) is 0 Å². The van der Waals surface area contributed by atoms with Crippen LogP contribution in [0.4, 0.5) is 0 Å². The first-order valence-corrected chi connectivity index (χ1v) is 9.10. The highest BCUT2D eigenvalue weighted by Gasteiger charge is 2.08. The van der Waals surface area contributed by atoms with Crippen molar-refractivity contribution in [1.82, 2.24) is 15.3 Å². The Hall–Kier alpha value is -1.84. The Morgan fingerprint density at radius 2 is 1.58 bits per heavy atom. The molecule has 7 nitrogen and oxygen atoms in total. The third-order valence-electron chi connectivity index (χ3n) is 3.12. The van der Waals surface area contributed by atoms with Crippen LogP contribution in [0.2, 0.25) is 0 Å². The molecule has 2 N–H and O–H groups in total. The Kier molecular flexibility index (Phi) is 9.39. The Labute approximate surface area is 168 Å². The number of halogens is 2. The predicted octanol–water partition coefficient (Wildman–Crippen LogP) is 2.81. The van der Waals surface area contributed by atoms with E-state index in [-0.39, 0.29) is 19.1 Å². The van der Waals surface area contributed by atoms with Gasteiger partial charge >= 0.3 is 5.97 Å². The van der Waals surface area contributed by atoms with Gasteiger partial charge in [0.15, 0.2) is 0 Å². The fourth-order valence-corrected chi connectivity index (χ4v) is 2.11. The van der Waals surface area contributed by atoms with Crippen LogP contribution >= 0.6 is 31.9 Å². The first kappa shape index (κ1) is 22.2. The number of nitrogens with zero attached hydrogens (tertiary/aromatic N) is 2. The molecule has 0 saturated carbocycles. The molecule has 2 rings (SSSR count). The monoisotopic (exact) mass is 487 g/mol. The van der Waals surface area contributed by atoms with E-state index in [4.69, 9.17) is 5.11 Å². The summed E-state index contributed by atoms with van der Waals surface area (Å²) in [5.41, 5.74) is 2.61. The molecular weight excluding hydrogens is 470 g/mol. The number of aliphatic hydroxyl groups excluding tert-OH is 1. The lowest BCUT2D eigenvalue weighted by molar-refractivity contribution is 0.0593. The van der Waals surface area contributed by atoms with E-state index in [0.29, 0.717) is 11.4 Å². The summed E-state index contributed by atoms with van der Waals surface area (Å²) < 4.78 is 6.27. The zero-order valence-electron chi connectivity index (χ0n) is 14.5. The van der Waals surface area contributed by atoms with E-state index in [0.717, 1.165) is 20.1 Å². The lowest BCUT2D eigenvalue weighted by Crippen LogP contribution is -2.27. The van der Waals surface area contributed by atoms with Crippen molar-refractivity contribution in [3.63, 3.8) is 0 Å².